The van der Waals surface area contributed by atoms with Crippen molar-refractivity contribution in [3.8, 4) is 0 Å². The van der Waals surface area contributed by atoms with Crippen molar-refractivity contribution in [1.29, 1.82) is 0 Å². The highest BCUT2D eigenvalue weighted by atomic mass is 16.3. The van der Waals surface area contributed by atoms with Crippen LogP contribution in [0.15, 0.2) is 0 Å². The Kier molecular flexibility index (Phi) is 3.53. The summed E-state index contributed by atoms with van der Waals surface area (Å²) in [5.74, 6) is 0.722. The Hall–Kier alpha value is -0.0800. The van der Waals surface area contributed by atoms with Gasteiger partial charge >= 0.3 is 0 Å². The lowest BCUT2D eigenvalue weighted by Crippen LogP contribution is -2.46. The third kappa shape index (κ3) is 3.11. The van der Waals surface area contributed by atoms with Crippen molar-refractivity contribution in [2.45, 2.75) is 58.2 Å². The zero-order valence-corrected chi connectivity index (χ0v) is 8.38. The summed E-state index contributed by atoms with van der Waals surface area (Å²) in [7, 11) is 0. The summed E-state index contributed by atoms with van der Waals surface area (Å²) in [4.78, 5) is 0. The number of aliphatic hydroxyl groups excluding tert-OH is 1. The van der Waals surface area contributed by atoms with Gasteiger partial charge in [0.1, 0.15) is 0 Å². The Morgan fingerprint density at radius 1 is 1.42 bits per heavy atom. The first-order chi connectivity index (χ1) is 5.58. The quantitative estimate of drug-likeness (QED) is 0.660. The fourth-order valence-electron chi connectivity index (χ4n) is 2.10. The molecule has 0 aromatic heterocycles. The van der Waals surface area contributed by atoms with Crippen LogP contribution in [-0.2, 0) is 0 Å². The van der Waals surface area contributed by atoms with E-state index in [1.54, 1.807) is 0 Å². The number of aliphatic hydroxyl groups is 1. The molecule has 1 aliphatic heterocycles. The van der Waals surface area contributed by atoms with Crippen molar-refractivity contribution in [3.63, 3.8) is 0 Å². The minimum atomic E-state index is -0.0787. The zero-order valence-electron chi connectivity index (χ0n) is 8.38. The molecule has 2 N–H and O–H groups in total. The van der Waals surface area contributed by atoms with Crippen LogP contribution in [0, 0.1) is 5.92 Å². The van der Waals surface area contributed by atoms with Crippen LogP contribution in [0.5, 0.6) is 0 Å². The summed E-state index contributed by atoms with van der Waals surface area (Å²) in [6.07, 6.45) is 2.95. The average Bonchev–Trinajstić information content (AvgIpc) is 1.81. The number of nitrogens with one attached hydrogen (secondary N) is 1. The molecule has 0 saturated carbocycles. The number of piperidine rings is 1. The second-order valence-electron chi connectivity index (χ2n) is 4.52. The van der Waals surface area contributed by atoms with E-state index in [9.17, 15) is 5.11 Å². The molecule has 3 unspecified atom stereocenters. The van der Waals surface area contributed by atoms with Gasteiger partial charge in [-0.2, -0.15) is 0 Å². The largest absolute Gasteiger partial charge is 0.393 e. The maximum Gasteiger partial charge on any atom is 0.0569 e. The van der Waals surface area contributed by atoms with Gasteiger partial charge in [0, 0.05) is 12.1 Å². The molecule has 1 saturated heterocycles. The SMILES string of the molecule is CC(C)CC1CC(O)CC(C)N1. The van der Waals surface area contributed by atoms with Crippen LogP contribution in [0.4, 0.5) is 0 Å². The Morgan fingerprint density at radius 2 is 2.08 bits per heavy atom. The van der Waals surface area contributed by atoms with Crippen molar-refractivity contribution < 1.29 is 5.11 Å². The van der Waals surface area contributed by atoms with E-state index in [1.165, 1.54) is 6.42 Å². The summed E-state index contributed by atoms with van der Waals surface area (Å²) < 4.78 is 0. The van der Waals surface area contributed by atoms with E-state index < -0.39 is 0 Å². The molecule has 1 aliphatic rings. The van der Waals surface area contributed by atoms with Gasteiger partial charge < -0.3 is 10.4 Å². The van der Waals surface area contributed by atoms with Crippen LogP contribution >= 0.6 is 0 Å². The van der Waals surface area contributed by atoms with E-state index in [1.807, 2.05) is 0 Å². The van der Waals surface area contributed by atoms with Crippen LogP contribution < -0.4 is 5.32 Å². The molecule has 2 nitrogen and oxygen atoms in total. The van der Waals surface area contributed by atoms with Crippen molar-refractivity contribution in [2.75, 3.05) is 0 Å². The molecule has 0 amide bonds. The highest BCUT2D eigenvalue weighted by molar-refractivity contribution is 4.83. The van der Waals surface area contributed by atoms with Crippen molar-refractivity contribution in [2.24, 2.45) is 5.92 Å². The van der Waals surface area contributed by atoms with Crippen molar-refractivity contribution in [3.05, 3.63) is 0 Å². The van der Waals surface area contributed by atoms with E-state index in [0.29, 0.717) is 12.1 Å². The second kappa shape index (κ2) is 4.24. The van der Waals surface area contributed by atoms with E-state index in [4.69, 9.17) is 0 Å². The summed E-state index contributed by atoms with van der Waals surface area (Å²) in [6, 6.07) is 1.02. The van der Waals surface area contributed by atoms with E-state index >= 15 is 0 Å². The van der Waals surface area contributed by atoms with Crippen LogP contribution in [0.3, 0.4) is 0 Å². The smallest absolute Gasteiger partial charge is 0.0569 e. The fraction of sp³-hybridized carbons (Fsp3) is 1.00. The summed E-state index contributed by atoms with van der Waals surface area (Å²) in [5, 5.41) is 13.0. The van der Waals surface area contributed by atoms with Gasteiger partial charge in [-0.15, -0.1) is 0 Å². The van der Waals surface area contributed by atoms with E-state index in [-0.39, 0.29) is 6.10 Å². The van der Waals surface area contributed by atoms with Gasteiger partial charge in [0.2, 0.25) is 0 Å². The highest BCUT2D eigenvalue weighted by Gasteiger charge is 2.24. The molecule has 0 aliphatic carbocycles. The molecule has 0 bridgehead atoms. The Labute approximate surface area is 75.4 Å². The second-order valence-corrected chi connectivity index (χ2v) is 4.52. The Balaban J connectivity index is 2.34. The molecule has 1 heterocycles. The standard InChI is InChI=1S/C10H21NO/c1-7(2)4-9-6-10(12)5-8(3)11-9/h7-12H,4-6H2,1-3H3. The van der Waals surface area contributed by atoms with E-state index in [2.05, 4.69) is 26.1 Å². The lowest BCUT2D eigenvalue weighted by molar-refractivity contribution is 0.0921. The summed E-state index contributed by atoms with van der Waals surface area (Å²) in [5.41, 5.74) is 0. The first kappa shape index (κ1) is 10.0. The normalized spacial score (nSPS) is 37.2. The lowest BCUT2D eigenvalue weighted by Gasteiger charge is -2.33. The molecule has 0 spiro atoms. The molecule has 1 rings (SSSR count). The predicted molar refractivity (Wildman–Crippen MR) is 51.1 cm³/mol. The number of hydrogen-bond acceptors (Lipinski definition) is 2. The lowest BCUT2D eigenvalue weighted by atomic mass is 9.91. The fourth-order valence-corrected chi connectivity index (χ4v) is 2.10. The van der Waals surface area contributed by atoms with Crippen molar-refractivity contribution in [1.82, 2.24) is 5.32 Å². The van der Waals surface area contributed by atoms with Gasteiger partial charge in [0.25, 0.3) is 0 Å². The topological polar surface area (TPSA) is 32.3 Å². The molecule has 0 aromatic rings. The van der Waals surface area contributed by atoms with Gasteiger partial charge in [-0.25, -0.2) is 0 Å². The average molecular weight is 171 g/mol. The molecular weight excluding hydrogens is 150 g/mol. The van der Waals surface area contributed by atoms with Gasteiger partial charge in [-0.1, -0.05) is 13.8 Å². The van der Waals surface area contributed by atoms with Crippen LogP contribution in [0.25, 0.3) is 0 Å². The first-order valence-electron chi connectivity index (χ1n) is 5.02. The highest BCUT2D eigenvalue weighted by Crippen LogP contribution is 2.18. The monoisotopic (exact) mass is 171 g/mol. The van der Waals surface area contributed by atoms with E-state index in [0.717, 1.165) is 18.8 Å². The molecular formula is C10H21NO. The van der Waals surface area contributed by atoms with Gasteiger partial charge in [0.05, 0.1) is 6.10 Å². The zero-order chi connectivity index (χ0) is 9.14. The van der Waals surface area contributed by atoms with Crippen molar-refractivity contribution >= 4 is 0 Å². The van der Waals surface area contributed by atoms with Crippen LogP contribution in [0.1, 0.15) is 40.0 Å². The third-order valence-electron chi connectivity index (χ3n) is 2.46. The first-order valence-corrected chi connectivity index (χ1v) is 5.02. The molecule has 2 heteroatoms. The number of hydrogen-bond donors (Lipinski definition) is 2. The minimum absolute atomic E-state index is 0.0787. The minimum Gasteiger partial charge on any atom is -0.393 e. The van der Waals surface area contributed by atoms with Gasteiger partial charge in [-0.05, 0) is 32.1 Å². The summed E-state index contributed by atoms with van der Waals surface area (Å²) >= 11 is 0. The Morgan fingerprint density at radius 3 is 2.58 bits per heavy atom. The number of rotatable bonds is 2. The van der Waals surface area contributed by atoms with Gasteiger partial charge in [0.15, 0.2) is 0 Å². The molecule has 3 atom stereocenters. The summed E-state index contributed by atoms with van der Waals surface area (Å²) in [6.45, 7) is 6.61. The maximum atomic E-state index is 9.52. The molecule has 72 valence electrons. The van der Waals surface area contributed by atoms with Crippen LogP contribution in [0.2, 0.25) is 0 Å². The third-order valence-corrected chi connectivity index (χ3v) is 2.46. The van der Waals surface area contributed by atoms with Gasteiger partial charge in [-0.3, -0.25) is 0 Å². The van der Waals surface area contributed by atoms with Crippen LogP contribution in [-0.4, -0.2) is 23.3 Å². The molecule has 0 aromatic carbocycles. The predicted octanol–water partition coefficient (Wildman–Crippen LogP) is 1.53. The Bertz CT molecular complexity index is 123. The molecule has 1 fully saturated rings. The molecule has 0 radical (unpaired) electrons. The maximum absolute atomic E-state index is 9.52. The molecule has 12 heavy (non-hydrogen) atoms.